The van der Waals surface area contributed by atoms with Crippen LogP contribution in [0.25, 0.3) is 0 Å². The van der Waals surface area contributed by atoms with Crippen LogP contribution in [0.3, 0.4) is 0 Å². The molecule has 15 heavy (non-hydrogen) atoms. The number of hydrogen-bond acceptors (Lipinski definition) is 4. The van der Waals surface area contributed by atoms with Gasteiger partial charge in [-0.3, -0.25) is 0 Å². The summed E-state index contributed by atoms with van der Waals surface area (Å²) in [5, 5.41) is 0. The van der Waals surface area contributed by atoms with E-state index in [2.05, 4.69) is 9.37 Å². The van der Waals surface area contributed by atoms with E-state index in [-0.39, 0.29) is 5.82 Å². The average Bonchev–Trinajstić information content (AvgIpc) is 2.73. The Labute approximate surface area is 94.9 Å². The molecule has 0 atom stereocenters. The largest absolute Gasteiger partial charge is 0.236 e. The number of nitrogens with zero attached hydrogens (tertiary/aromatic N) is 2. The number of hydrogen-bond donors (Lipinski definition) is 0. The van der Waals surface area contributed by atoms with Crippen molar-refractivity contribution in [3.63, 3.8) is 0 Å². The minimum absolute atomic E-state index is 0.210. The van der Waals surface area contributed by atoms with Crippen LogP contribution in [0, 0.1) is 5.82 Å². The zero-order chi connectivity index (χ0) is 10.7. The molecule has 6 heteroatoms. The summed E-state index contributed by atoms with van der Waals surface area (Å²) in [6, 6.07) is 4.67. The fourth-order valence-electron chi connectivity index (χ4n) is 1.26. The van der Waals surface area contributed by atoms with Crippen molar-refractivity contribution in [2.45, 2.75) is 6.82 Å². The second-order valence-corrected chi connectivity index (χ2v) is 4.86. The van der Waals surface area contributed by atoms with Crippen LogP contribution in [-0.2, 0) is 0 Å². The van der Waals surface area contributed by atoms with Crippen molar-refractivity contribution in [2.24, 2.45) is 4.99 Å². The molecule has 2 nitrogen and oxygen atoms in total. The van der Waals surface area contributed by atoms with Crippen LogP contribution in [0.1, 0.15) is 0 Å². The summed E-state index contributed by atoms with van der Waals surface area (Å²) in [6.07, 6.45) is 1.72. The first-order valence-corrected chi connectivity index (χ1v) is 6.64. The number of halogens is 1. The van der Waals surface area contributed by atoms with Gasteiger partial charge in [0.2, 0.25) is 0 Å². The molecular weight excluding hydrogens is 230 g/mol. The van der Waals surface area contributed by atoms with Crippen LogP contribution in [0.15, 0.2) is 29.4 Å². The second kappa shape index (κ2) is 4.68. The maximum atomic E-state index is 13.0. The fraction of sp³-hybridized carbons (Fsp3) is 0.111. The van der Waals surface area contributed by atoms with E-state index in [4.69, 9.17) is 0 Å². The Kier molecular flexibility index (Phi) is 3.28. The first kappa shape index (κ1) is 10.5. The van der Waals surface area contributed by atoms with Crippen molar-refractivity contribution < 1.29 is 4.39 Å². The predicted molar refractivity (Wildman–Crippen MR) is 64.3 cm³/mol. The highest BCUT2D eigenvalue weighted by molar-refractivity contribution is 7.65. The Balaban J connectivity index is 2.49. The van der Waals surface area contributed by atoms with E-state index in [1.54, 1.807) is 12.3 Å². The van der Waals surface area contributed by atoms with E-state index < -0.39 is 0 Å². The zero-order valence-electron chi connectivity index (χ0n) is 8.11. The van der Waals surface area contributed by atoms with Crippen LogP contribution in [0.4, 0.5) is 10.1 Å². The van der Waals surface area contributed by atoms with E-state index in [1.807, 2.05) is 6.82 Å². The summed E-state index contributed by atoms with van der Waals surface area (Å²) in [4.78, 5) is 4.41. The van der Waals surface area contributed by atoms with Gasteiger partial charge in [0.1, 0.15) is 10.5 Å². The normalized spacial score (nSPS) is 11.7. The van der Waals surface area contributed by atoms with Crippen molar-refractivity contribution in [3.05, 3.63) is 34.9 Å². The maximum Gasteiger partial charge on any atom is 0.157 e. The standard InChI is InChI=1S/C9H8BFN2S2/c1-10-7-4-6(11)2-3-8(7)13-9-5-12-15-14-9/h2-5,10H,1H3/b13-9-. The third kappa shape index (κ3) is 2.51. The van der Waals surface area contributed by atoms with Gasteiger partial charge in [-0.1, -0.05) is 12.3 Å². The van der Waals surface area contributed by atoms with Gasteiger partial charge in [-0.05, 0) is 28.5 Å². The summed E-state index contributed by atoms with van der Waals surface area (Å²) in [5.74, 6) is -0.210. The van der Waals surface area contributed by atoms with E-state index in [9.17, 15) is 4.39 Å². The monoisotopic (exact) mass is 238 g/mol. The van der Waals surface area contributed by atoms with E-state index in [0.29, 0.717) is 0 Å². The molecule has 0 unspecified atom stereocenters. The molecular formula is C9H8BFN2S2. The molecule has 1 aromatic heterocycles. The number of benzene rings is 1. The molecule has 0 fully saturated rings. The molecule has 1 aromatic carbocycles. The van der Waals surface area contributed by atoms with Crippen LogP contribution in [0.2, 0.25) is 6.82 Å². The lowest BCUT2D eigenvalue weighted by Crippen LogP contribution is -2.12. The second-order valence-electron chi connectivity index (χ2n) is 2.97. The molecule has 0 saturated heterocycles. The van der Waals surface area contributed by atoms with Crippen LogP contribution in [-0.4, -0.2) is 11.7 Å². The van der Waals surface area contributed by atoms with E-state index >= 15 is 0 Å². The zero-order valence-corrected chi connectivity index (χ0v) is 9.74. The van der Waals surface area contributed by atoms with E-state index in [0.717, 1.165) is 23.1 Å². The predicted octanol–water partition coefficient (Wildman–Crippen LogP) is 1.69. The molecule has 0 aliphatic rings. The van der Waals surface area contributed by atoms with Crippen molar-refractivity contribution >= 4 is 39.3 Å². The number of rotatable bonds is 2. The minimum atomic E-state index is -0.210. The topological polar surface area (TPSA) is 25.2 Å². The van der Waals surface area contributed by atoms with Crippen LogP contribution < -0.4 is 10.1 Å². The molecule has 0 amide bonds. The van der Waals surface area contributed by atoms with Crippen LogP contribution >= 0.6 is 20.9 Å². The lowest BCUT2D eigenvalue weighted by atomic mass is 9.72. The van der Waals surface area contributed by atoms with Gasteiger partial charge >= 0.3 is 0 Å². The van der Waals surface area contributed by atoms with Gasteiger partial charge in [0.25, 0.3) is 0 Å². The summed E-state index contributed by atoms with van der Waals surface area (Å²) in [7, 11) is 3.69. The van der Waals surface area contributed by atoms with E-state index in [1.165, 1.54) is 33.0 Å². The first-order valence-electron chi connectivity index (χ1n) is 4.54. The summed E-state index contributed by atoms with van der Waals surface area (Å²) < 4.78 is 17.8. The van der Waals surface area contributed by atoms with Gasteiger partial charge in [-0.25, -0.2) is 9.38 Å². The Morgan fingerprint density at radius 2 is 2.33 bits per heavy atom. The van der Waals surface area contributed by atoms with Gasteiger partial charge in [0.05, 0.1) is 11.9 Å². The molecule has 0 bridgehead atoms. The molecule has 2 rings (SSSR count). The molecule has 0 N–H and O–H groups in total. The van der Waals surface area contributed by atoms with Gasteiger partial charge in [-0.2, -0.15) is 4.37 Å². The molecule has 1 heterocycles. The molecule has 0 radical (unpaired) electrons. The van der Waals surface area contributed by atoms with Gasteiger partial charge < -0.3 is 0 Å². The van der Waals surface area contributed by atoms with Crippen molar-refractivity contribution in [2.75, 3.05) is 0 Å². The first-order chi connectivity index (χ1) is 7.29. The maximum absolute atomic E-state index is 13.0. The lowest BCUT2D eigenvalue weighted by molar-refractivity contribution is 0.629. The van der Waals surface area contributed by atoms with Crippen molar-refractivity contribution in [3.8, 4) is 0 Å². The van der Waals surface area contributed by atoms with Crippen LogP contribution in [0.5, 0.6) is 0 Å². The Bertz CT molecular complexity index is 504. The Hall–Kier alpha value is -1.01. The fourth-order valence-corrected chi connectivity index (χ4v) is 2.55. The molecule has 0 aliphatic carbocycles. The summed E-state index contributed by atoms with van der Waals surface area (Å²) in [6.45, 7) is 1.99. The lowest BCUT2D eigenvalue weighted by Gasteiger charge is -2.00. The highest BCUT2D eigenvalue weighted by atomic mass is 32.9. The summed E-state index contributed by atoms with van der Waals surface area (Å²) >= 11 is 0. The van der Waals surface area contributed by atoms with Crippen molar-refractivity contribution in [1.29, 1.82) is 0 Å². The summed E-state index contributed by atoms with van der Waals surface area (Å²) in [5.41, 5.74) is 1.75. The minimum Gasteiger partial charge on any atom is -0.236 e. The quantitative estimate of drug-likeness (QED) is 0.577. The van der Waals surface area contributed by atoms with Gasteiger partial charge in [0.15, 0.2) is 7.28 Å². The molecule has 76 valence electrons. The highest BCUT2D eigenvalue weighted by Crippen LogP contribution is 2.09. The highest BCUT2D eigenvalue weighted by Gasteiger charge is 2.01. The Morgan fingerprint density at radius 1 is 1.47 bits per heavy atom. The molecule has 0 saturated carbocycles. The smallest absolute Gasteiger partial charge is 0.157 e. The SMILES string of the molecule is CBc1cc(F)ccc1/N=c1/cnss1. The average molecular weight is 238 g/mol. The van der Waals surface area contributed by atoms with Crippen molar-refractivity contribution in [1.82, 2.24) is 4.37 Å². The van der Waals surface area contributed by atoms with Gasteiger partial charge in [-0.15, -0.1) is 0 Å². The molecule has 0 aliphatic heterocycles. The molecule has 0 spiro atoms. The third-order valence-electron chi connectivity index (χ3n) is 1.98. The third-order valence-corrected chi connectivity index (χ3v) is 3.61. The number of aromatic nitrogens is 1. The molecule has 2 aromatic rings. The van der Waals surface area contributed by atoms with Gasteiger partial charge in [0, 0.05) is 10.5 Å². The Morgan fingerprint density at radius 3 is 3.00 bits per heavy atom.